The number of ether oxygens (including phenoxy) is 1. The molecule has 0 radical (unpaired) electrons. The molecule has 2 saturated carbocycles. The van der Waals surface area contributed by atoms with E-state index in [-0.39, 0.29) is 12.0 Å². The van der Waals surface area contributed by atoms with Crippen LogP contribution in [0, 0.1) is 5.41 Å². The lowest BCUT2D eigenvalue weighted by atomic mass is 9.83. The van der Waals surface area contributed by atoms with Crippen LogP contribution in [0.5, 0.6) is 0 Å². The van der Waals surface area contributed by atoms with Gasteiger partial charge < -0.3 is 15.2 Å². The highest BCUT2D eigenvalue weighted by molar-refractivity contribution is 4.94. The molecule has 0 aromatic heterocycles. The molecule has 4 nitrogen and oxygen atoms in total. The van der Waals surface area contributed by atoms with Crippen molar-refractivity contribution in [2.24, 2.45) is 5.41 Å². The van der Waals surface area contributed by atoms with Crippen LogP contribution >= 0.6 is 0 Å². The first-order valence-corrected chi connectivity index (χ1v) is 7.97. The summed E-state index contributed by atoms with van der Waals surface area (Å²) in [6.45, 7) is 5.09. The molecule has 0 amide bonds. The minimum Gasteiger partial charge on any atom is -0.395 e. The van der Waals surface area contributed by atoms with Crippen molar-refractivity contribution in [3.05, 3.63) is 0 Å². The summed E-state index contributed by atoms with van der Waals surface area (Å²) in [4.78, 5) is 2.52. The minimum absolute atomic E-state index is 0.281. The minimum atomic E-state index is 0.281. The predicted molar refractivity (Wildman–Crippen MR) is 75.2 cm³/mol. The Morgan fingerprint density at radius 3 is 2.63 bits per heavy atom. The van der Waals surface area contributed by atoms with Gasteiger partial charge in [0.2, 0.25) is 0 Å². The van der Waals surface area contributed by atoms with Gasteiger partial charge in [0.05, 0.1) is 13.2 Å². The van der Waals surface area contributed by atoms with Gasteiger partial charge in [-0.1, -0.05) is 6.42 Å². The van der Waals surface area contributed by atoms with E-state index in [1.807, 2.05) is 0 Å². The van der Waals surface area contributed by atoms with Gasteiger partial charge in [-0.15, -0.1) is 0 Å². The number of hydrogen-bond donors (Lipinski definition) is 2. The van der Waals surface area contributed by atoms with Gasteiger partial charge in [-0.25, -0.2) is 0 Å². The quantitative estimate of drug-likeness (QED) is 0.689. The van der Waals surface area contributed by atoms with Crippen molar-refractivity contribution in [1.29, 1.82) is 0 Å². The first kappa shape index (κ1) is 13.8. The van der Waals surface area contributed by atoms with Gasteiger partial charge in [0.25, 0.3) is 0 Å². The maximum absolute atomic E-state index is 9.30. The molecule has 1 aliphatic heterocycles. The molecule has 4 heteroatoms. The largest absolute Gasteiger partial charge is 0.395 e. The van der Waals surface area contributed by atoms with Crippen molar-refractivity contribution in [1.82, 2.24) is 10.2 Å². The Morgan fingerprint density at radius 2 is 2.11 bits per heavy atom. The molecule has 0 aromatic carbocycles. The fourth-order valence-corrected chi connectivity index (χ4v) is 3.32. The molecular formula is C15H28N2O2. The Hall–Kier alpha value is -0.160. The molecule has 1 saturated heterocycles. The Balaban J connectivity index is 1.57. The number of aliphatic hydroxyl groups is 1. The molecule has 0 aromatic rings. The van der Waals surface area contributed by atoms with Crippen molar-refractivity contribution in [3.63, 3.8) is 0 Å². The topological polar surface area (TPSA) is 44.7 Å². The number of nitrogens with zero attached hydrogens (tertiary/aromatic N) is 1. The monoisotopic (exact) mass is 268 g/mol. The fraction of sp³-hybridized carbons (Fsp3) is 1.00. The van der Waals surface area contributed by atoms with Crippen LogP contribution in [0.25, 0.3) is 0 Å². The standard InChI is InChI=1S/C15H28N2O2/c18-8-7-17(14-2-1-3-14)11-15(6-9-19-12-15)10-16-13-4-5-13/h13-14,16,18H,1-12H2. The summed E-state index contributed by atoms with van der Waals surface area (Å²) in [5, 5.41) is 13.0. The fourth-order valence-electron chi connectivity index (χ4n) is 3.32. The molecule has 1 unspecified atom stereocenters. The Morgan fingerprint density at radius 1 is 1.26 bits per heavy atom. The average molecular weight is 268 g/mol. The second-order valence-electron chi connectivity index (χ2n) is 6.74. The average Bonchev–Trinajstić information content (AvgIpc) is 3.06. The highest BCUT2D eigenvalue weighted by Gasteiger charge is 2.40. The summed E-state index contributed by atoms with van der Waals surface area (Å²) in [5.41, 5.74) is 0.285. The highest BCUT2D eigenvalue weighted by Crippen LogP contribution is 2.34. The highest BCUT2D eigenvalue weighted by atomic mass is 16.5. The van der Waals surface area contributed by atoms with Crippen molar-refractivity contribution in [2.45, 2.75) is 50.6 Å². The number of nitrogens with one attached hydrogen (secondary N) is 1. The normalized spacial score (nSPS) is 31.9. The lowest BCUT2D eigenvalue weighted by Gasteiger charge is -2.42. The number of hydrogen-bond acceptors (Lipinski definition) is 4. The Bertz CT molecular complexity index is 284. The zero-order valence-corrected chi connectivity index (χ0v) is 11.9. The van der Waals surface area contributed by atoms with Gasteiger partial charge in [0.15, 0.2) is 0 Å². The van der Waals surface area contributed by atoms with E-state index in [4.69, 9.17) is 4.74 Å². The molecule has 19 heavy (non-hydrogen) atoms. The molecule has 3 rings (SSSR count). The number of rotatable bonds is 8. The molecule has 0 bridgehead atoms. The van der Waals surface area contributed by atoms with Crippen LogP contribution in [-0.2, 0) is 4.74 Å². The van der Waals surface area contributed by atoms with E-state index in [9.17, 15) is 5.11 Å². The van der Waals surface area contributed by atoms with Crippen LogP contribution < -0.4 is 5.32 Å². The van der Waals surface area contributed by atoms with Crippen molar-refractivity contribution in [3.8, 4) is 0 Å². The summed E-state index contributed by atoms with van der Waals surface area (Å²) in [7, 11) is 0. The molecule has 2 N–H and O–H groups in total. The second kappa shape index (κ2) is 6.08. The predicted octanol–water partition coefficient (Wildman–Crippen LogP) is 0.992. The van der Waals surface area contributed by atoms with Gasteiger partial charge in [-0.3, -0.25) is 4.90 Å². The van der Waals surface area contributed by atoms with Crippen LogP contribution in [0.15, 0.2) is 0 Å². The maximum Gasteiger partial charge on any atom is 0.0558 e. The SMILES string of the molecule is OCCN(CC1(CNC2CC2)CCOC1)C1CCC1. The number of aliphatic hydroxyl groups excluding tert-OH is 1. The van der Waals surface area contributed by atoms with Crippen LogP contribution in [0.3, 0.4) is 0 Å². The zero-order valence-electron chi connectivity index (χ0n) is 11.9. The summed E-state index contributed by atoms with van der Waals surface area (Å²) < 4.78 is 5.69. The molecule has 1 atom stereocenters. The summed E-state index contributed by atoms with van der Waals surface area (Å²) >= 11 is 0. The maximum atomic E-state index is 9.30. The van der Waals surface area contributed by atoms with Crippen molar-refractivity contribution < 1.29 is 9.84 Å². The molecule has 3 aliphatic rings. The van der Waals surface area contributed by atoms with Crippen LogP contribution in [0.1, 0.15) is 38.5 Å². The first-order valence-electron chi connectivity index (χ1n) is 7.97. The summed E-state index contributed by atoms with van der Waals surface area (Å²) in [6, 6.07) is 1.48. The van der Waals surface area contributed by atoms with Gasteiger partial charge >= 0.3 is 0 Å². The van der Waals surface area contributed by atoms with E-state index >= 15 is 0 Å². The van der Waals surface area contributed by atoms with E-state index < -0.39 is 0 Å². The molecule has 0 spiro atoms. The molecule has 1 heterocycles. The lowest BCUT2D eigenvalue weighted by molar-refractivity contribution is 0.0443. The van der Waals surface area contributed by atoms with Crippen LogP contribution in [0.2, 0.25) is 0 Å². The summed E-state index contributed by atoms with van der Waals surface area (Å²) in [6.07, 6.45) is 7.84. The molecule has 110 valence electrons. The van der Waals surface area contributed by atoms with Crippen molar-refractivity contribution in [2.75, 3.05) is 39.5 Å². The van der Waals surface area contributed by atoms with Crippen LogP contribution in [0.4, 0.5) is 0 Å². The smallest absolute Gasteiger partial charge is 0.0558 e. The van der Waals surface area contributed by atoms with Gasteiger partial charge in [-0.05, 0) is 32.1 Å². The molecule has 2 aliphatic carbocycles. The lowest BCUT2D eigenvalue weighted by Crippen LogP contribution is -2.51. The van der Waals surface area contributed by atoms with E-state index in [0.717, 1.165) is 38.9 Å². The van der Waals surface area contributed by atoms with E-state index in [2.05, 4.69) is 10.2 Å². The van der Waals surface area contributed by atoms with Crippen LogP contribution in [-0.4, -0.2) is 61.5 Å². The van der Waals surface area contributed by atoms with E-state index in [1.165, 1.54) is 38.5 Å². The van der Waals surface area contributed by atoms with E-state index in [0.29, 0.717) is 6.04 Å². The zero-order chi connectivity index (χ0) is 13.1. The molecule has 3 fully saturated rings. The Kier molecular flexibility index (Phi) is 4.42. The third-order valence-corrected chi connectivity index (χ3v) is 5.04. The second-order valence-corrected chi connectivity index (χ2v) is 6.74. The summed E-state index contributed by atoms with van der Waals surface area (Å²) in [5.74, 6) is 0. The third-order valence-electron chi connectivity index (χ3n) is 5.04. The first-order chi connectivity index (χ1) is 9.31. The third kappa shape index (κ3) is 3.48. The van der Waals surface area contributed by atoms with Gasteiger partial charge in [-0.2, -0.15) is 0 Å². The Labute approximate surface area is 116 Å². The van der Waals surface area contributed by atoms with Gasteiger partial charge in [0, 0.05) is 43.7 Å². The van der Waals surface area contributed by atoms with Gasteiger partial charge in [0.1, 0.15) is 0 Å². The molecular weight excluding hydrogens is 240 g/mol. The van der Waals surface area contributed by atoms with E-state index in [1.54, 1.807) is 0 Å². The van der Waals surface area contributed by atoms with Crippen molar-refractivity contribution >= 4 is 0 Å².